The monoisotopic (exact) mass is 279 g/mol. The lowest BCUT2D eigenvalue weighted by molar-refractivity contribution is -0.660. The van der Waals surface area contributed by atoms with Crippen LogP contribution in [-0.4, -0.2) is 9.55 Å². The van der Waals surface area contributed by atoms with Gasteiger partial charge in [-0.3, -0.25) is 0 Å². The van der Waals surface area contributed by atoms with Crippen molar-refractivity contribution >= 4 is 0 Å². The second-order valence-electron chi connectivity index (χ2n) is 5.60. The van der Waals surface area contributed by atoms with Gasteiger partial charge in [0.15, 0.2) is 6.20 Å². The highest BCUT2D eigenvalue weighted by atomic mass is 15.1. The number of imidazole rings is 1. The van der Waals surface area contributed by atoms with Crippen LogP contribution in [0.2, 0.25) is 0 Å². The molecule has 0 N–H and O–H groups in total. The fraction of sp³-hybridized carbons (Fsp3) is 0.222. The molecule has 3 aromatic rings. The van der Waals surface area contributed by atoms with E-state index in [-0.39, 0.29) is 0 Å². The molecule has 1 aliphatic rings. The minimum atomic E-state index is -2.07. The van der Waals surface area contributed by atoms with Crippen molar-refractivity contribution in [3.05, 3.63) is 65.4 Å². The number of pyridine rings is 1. The third-order valence-electron chi connectivity index (χ3n) is 4.16. The number of hydrogen-bond donors (Lipinski definition) is 0. The molecule has 0 saturated heterocycles. The number of hydrogen-bond acceptors (Lipinski definition) is 1. The van der Waals surface area contributed by atoms with Gasteiger partial charge < -0.3 is 4.57 Å². The third kappa shape index (κ3) is 1.81. The van der Waals surface area contributed by atoms with E-state index in [9.17, 15) is 0 Å². The normalized spacial score (nSPS) is 15.0. The maximum absolute atomic E-state index is 7.57. The van der Waals surface area contributed by atoms with Crippen LogP contribution >= 0.6 is 0 Å². The Bertz CT molecular complexity index is 955. The van der Waals surface area contributed by atoms with E-state index in [1.165, 1.54) is 5.56 Å². The Labute approximate surface area is 128 Å². The summed E-state index contributed by atoms with van der Waals surface area (Å²) in [6, 6.07) is 7.52. The first-order valence-electron chi connectivity index (χ1n) is 8.51. The van der Waals surface area contributed by atoms with E-state index in [0.29, 0.717) is 5.56 Å². The maximum atomic E-state index is 7.57. The average molecular weight is 279 g/mol. The van der Waals surface area contributed by atoms with E-state index < -0.39 is 6.85 Å². The van der Waals surface area contributed by atoms with E-state index in [2.05, 4.69) is 26.4 Å². The van der Waals surface area contributed by atoms with Crippen LogP contribution in [0.5, 0.6) is 0 Å². The molecule has 0 aliphatic carbocycles. The molecule has 1 aromatic carbocycles. The van der Waals surface area contributed by atoms with Gasteiger partial charge in [0.25, 0.3) is 0 Å². The molecule has 0 fully saturated rings. The second-order valence-corrected chi connectivity index (χ2v) is 5.60. The van der Waals surface area contributed by atoms with E-state index in [0.717, 1.165) is 34.8 Å². The molecule has 104 valence electrons. The molecule has 0 unspecified atom stereocenters. The molecule has 1 aliphatic heterocycles. The van der Waals surface area contributed by atoms with Crippen LogP contribution in [0.4, 0.5) is 0 Å². The third-order valence-corrected chi connectivity index (χ3v) is 4.16. The van der Waals surface area contributed by atoms with E-state index in [1.54, 1.807) is 12.1 Å². The summed E-state index contributed by atoms with van der Waals surface area (Å²) in [5.41, 5.74) is 5.84. The van der Waals surface area contributed by atoms with Gasteiger partial charge in [-0.1, -0.05) is 17.7 Å². The Balaban J connectivity index is 1.86. The van der Waals surface area contributed by atoms with Gasteiger partial charge in [-0.15, -0.1) is 0 Å². The largest absolute Gasteiger partial charge is 0.303 e. The molecule has 0 amide bonds. The summed E-state index contributed by atoms with van der Waals surface area (Å²) in [6.07, 6.45) is 6.78. The summed E-state index contributed by atoms with van der Waals surface area (Å²) in [7, 11) is 2.02. The molecule has 0 bridgehead atoms. The first-order chi connectivity index (χ1) is 11.3. The highest BCUT2D eigenvalue weighted by Crippen LogP contribution is 2.29. The topological polar surface area (TPSA) is 21.7 Å². The molecule has 4 rings (SSSR count). The molecule has 2 aromatic heterocycles. The first-order valence-corrected chi connectivity index (χ1v) is 7.01. The molecule has 0 spiro atoms. The van der Waals surface area contributed by atoms with Crippen LogP contribution in [0.1, 0.15) is 26.6 Å². The van der Waals surface area contributed by atoms with Gasteiger partial charge in [0.05, 0.1) is 5.69 Å². The number of aromatic nitrogens is 3. The standard InChI is InChI=1S/C18H18N3/c1-12-4-5-15(13(2)8-12)17-10-16-14(11-20(17)3)9-18-19-6-7-21(16)18/h4-8,10-11H,9H2,1-3H3/q+1/i1D3. The van der Waals surface area contributed by atoms with Crippen molar-refractivity contribution in [3.63, 3.8) is 0 Å². The van der Waals surface area contributed by atoms with Crippen LogP contribution in [0.25, 0.3) is 16.9 Å². The molecule has 21 heavy (non-hydrogen) atoms. The Morgan fingerprint density at radius 1 is 1.33 bits per heavy atom. The molecule has 3 heteroatoms. The van der Waals surface area contributed by atoms with Gasteiger partial charge >= 0.3 is 0 Å². The van der Waals surface area contributed by atoms with Crippen LogP contribution in [-0.2, 0) is 13.5 Å². The maximum Gasteiger partial charge on any atom is 0.214 e. The average Bonchev–Trinajstić information content (AvgIpc) is 3.06. The lowest BCUT2D eigenvalue weighted by Gasteiger charge is -2.08. The molecular weight excluding hydrogens is 258 g/mol. The molecular formula is C18H18N3+. The zero-order chi connectivity index (χ0) is 17.1. The predicted molar refractivity (Wildman–Crippen MR) is 82.5 cm³/mol. The van der Waals surface area contributed by atoms with Crippen molar-refractivity contribution in [3.8, 4) is 16.9 Å². The number of aryl methyl sites for hydroxylation is 3. The van der Waals surface area contributed by atoms with E-state index >= 15 is 0 Å². The summed E-state index contributed by atoms with van der Waals surface area (Å²) in [4.78, 5) is 4.39. The number of benzene rings is 1. The summed E-state index contributed by atoms with van der Waals surface area (Å²) >= 11 is 0. The van der Waals surface area contributed by atoms with Crippen LogP contribution in [0, 0.1) is 13.8 Å². The molecule has 0 atom stereocenters. The molecule has 0 saturated carbocycles. The van der Waals surface area contributed by atoms with Crippen LogP contribution in [0.15, 0.2) is 42.9 Å². The fourth-order valence-electron chi connectivity index (χ4n) is 3.13. The quantitative estimate of drug-likeness (QED) is 0.491. The number of rotatable bonds is 1. The Hall–Kier alpha value is -2.42. The zero-order valence-electron chi connectivity index (χ0n) is 15.1. The Morgan fingerprint density at radius 2 is 2.24 bits per heavy atom. The number of fused-ring (bicyclic) bond motifs is 3. The summed E-state index contributed by atoms with van der Waals surface area (Å²) in [5, 5.41) is 0. The zero-order valence-corrected chi connectivity index (χ0v) is 12.1. The first kappa shape index (κ1) is 9.50. The SMILES string of the molecule is [2H]C([2H])([2H])c1ccc(-c2cc3c(c[n+]2C)Cc2nccn2-3)c(C)c1. The predicted octanol–water partition coefficient (Wildman–Crippen LogP) is 2.88. The van der Waals surface area contributed by atoms with Gasteiger partial charge in [-0.25, -0.2) is 9.55 Å². The lowest BCUT2D eigenvalue weighted by atomic mass is 10.0. The van der Waals surface area contributed by atoms with Crippen molar-refractivity contribution in [1.29, 1.82) is 0 Å². The van der Waals surface area contributed by atoms with Gasteiger partial charge in [-0.05, 0) is 25.4 Å². The van der Waals surface area contributed by atoms with Gasteiger partial charge in [0.2, 0.25) is 5.69 Å². The smallest absolute Gasteiger partial charge is 0.214 e. The molecule has 3 heterocycles. The van der Waals surface area contributed by atoms with Crippen molar-refractivity contribution in [2.24, 2.45) is 7.05 Å². The number of nitrogens with zero attached hydrogens (tertiary/aromatic N) is 3. The van der Waals surface area contributed by atoms with Crippen molar-refractivity contribution in [2.75, 3.05) is 0 Å². The van der Waals surface area contributed by atoms with Crippen molar-refractivity contribution < 1.29 is 8.68 Å². The summed E-state index contributed by atoms with van der Waals surface area (Å²) in [5.74, 6) is 1.05. The Morgan fingerprint density at radius 3 is 3.05 bits per heavy atom. The minimum absolute atomic E-state index is 0.379. The van der Waals surface area contributed by atoms with Gasteiger partial charge in [0, 0.05) is 40.1 Å². The second kappa shape index (κ2) is 4.29. The van der Waals surface area contributed by atoms with Crippen LogP contribution in [0.3, 0.4) is 0 Å². The van der Waals surface area contributed by atoms with Crippen molar-refractivity contribution in [2.45, 2.75) is 20.2 Å². The molecule has 0 radical (unpaired) electrons. The summed E-state index contributed by atoms with van der Waals surface area (Å²) in [6.45, 7) is -0.116. The highest BCUT2D eigenvalue weighted by Gasteiger charge is 2.24. The van der Waals surface area contributed by atoms with Crippen molar-refractivity contribution in [1.82, 2.24) is 9.55 Å². The Kier molecular flexibility index (Phi) is 1.94. The van der Waals surface area contributed by atoms with Gasteiger partial charge in [-0.2, -0.15) is 0 Å². The fourth-order valence-corrected chi connectivity index (χ4v) is 3.13. The summed E-state index contributed by atoms with van der Waals surface area (Å²) < 4.78 is 26.9. The van der Waals surface area contributed by atoms with E-state index in [4.69, 9.17) is 4.11 Å². The minimum Gasteiger partial charge on any atom is -0.303 e. The molecule has 3 nitrogen and oxygen atoms in total. The van der Waals surface area contributed by atoms with E-state index in [1.807, 2.05) is 32.4 Å². The van der Waals surface area contributed by atoms with Gasteiger partial charge in [0.1, 0.15) is 12.9 Å². The lowest BCUT2D eigenvalue weighted by Crippen LogP contribution is -2.31. The van der Waals surface area contributed by atoms with Crippen LogP contribution < -0.4 is 4.57 Å². The highest BCUT2D eigenvalue weighted by molar-refractivity contribution is 5.65.